The normalized spacial score (nSPS) is 12.1. The summed E-state index contributed by atoms with van der Waals surface area (Å²) in [5.74, 6) is -1.87. The number of carbonyl (C=O) groups is 1. The monoisotopic (exact) mass is 316 g/mol. The molecule has 2 amide bonds. The average molecular weight is 316 g/mol. The fraction of sp³-hybridized carbons (Fsp3) is 0.125. The molecule has 0 spiro atoms. The first kappa shape index (κ1) is 15.0. The summed E-state index contributed by atoms with van der Waals surface area (Å²) < 4.78 is 27.7. The van der Waals surface area contributed by atoms with Gasteiger partial charge >= 0.3 is 6.03 Å². The second-order valence-electron chi connectivity index (χ2n) is 5.08. The van der Waals surface area contributed by atoms with Crippen molar-refractivity contribution in [1.82, 2.24) is 15.0 Å². The third kappa shape index (κ3) is 3.13. The van der Waals surface area contributed by atoms with Crippen molar-refractivity contribution in [3.63, 3.8) is 0 Å². The van der Waals surface area contributed by atoms with Crippen LogP contribution in [0.15, 0.2) is 48.8 Å². The number of urea groups is 1. The molecule has 1 aromatic heterocycles. The van der Waals surface area contributed by atoms with E-state index in [2.05, 4.69) is 15.7 Å². The molecule has 0 aliphatic carbocycles. The number of carbonyl (C=O) groups excluding carboxylic acids is 1. The van der Waals surface area contributed by atoms with Crippen molar-refractivity contribution in [3.8, 4) is 0 Å². The number of benzene rings is 2. The predicted octanol–water partition coefficient (Wildman–Crippen LogP) is 3.33. The molecule has 23 heavy (non-hydrogen) atoms. The highest BCUT2D eigenvalue weighted by Crippen LogP contribution is 2.16. The second-order valence-corrected chi connectivity index (χ2v) is 5.08. The van der Waals surface area contributed by atoms with Gasteiger partial charge < -0.3 is 5.32 Å². The molecular formula is C16H14F2N4O. The highest BCUT2D eigenvalue weighted by Gasteiger charge is 2.13. The van der Waals surface area contributed by atoms with Crippen molar-refractivity contribution < 1.29 is 13.6 Å². The first-order valence-electron chi connectivity index (χ1n) is 6.99. The van der Waals surface area contributed by atoms with Crippen molar-refractivity contribution in [2.24, 2.45) is 0 Å². The van der Waals surface area contributed by atoms with E-state index < -0.39 is 23.7 Å². The van der Waals surface area contributed by atoms with Crippen molar-refractivity contribution >= 4 is 17.1 Å². The molecule has 0 bridgehead atoms. The Morgan fingerprint density at radius 2 is 1.96 bits per heavy atom. The van der Waals surface area contributed by atoms with E-state index in [0.717, 1.165) is 23.2 Å². The van der Waals surface area contributed by atoms with E-state index in [1.807, 2.05) is 24.3 Å². The topological polar surface area (TPSA) is 59.0 Å². The minimum atomic E-state index is -0.947. The number of imidazole rings is 1. The molecule has 2 aromatic carbocycles. The van der Waals surface area contributed by atoms with Gasteiger partial charge in [0.25, 0.3) is 0 Å². The van der Waals surface area contributed by atoms with Crippen LogP contribution in [0.1, 0.15) is 18.5 Å². The van der Waals surface area contributed by atoms with Gasteiger partial charge in [-0.1, -0.05) is 18.2 Å². The Bertz CT molecular complexity index is 862. The standard InChI is InChI=1S/C16H14F2N4O/c1-10(11-6-7-12(17)13(18)8-11)20-16(23)21-22-9-19-14-4-2-3-5-15(14)22/h2-10H,1H3,(H2,20,21,23). The van der Waals surface area contributed by atoms with E-state index in [0.29, 0.717) is 5.56 Å². The van der Waals surface area contributed by atoms with Crippen molar-refractivity contribution in [1.29, 1.82) is 0 Å². The lowest BCUT2D eigenvalue weighted by Crippen LogP contribution is -2.35. The molecule has 3 aromatic rings. The molecule has 0 saturated carbocycles. The fourth-order valence-corrected chi connectivity index (χ4v) is 2.25. The first-order valence-corrected chi connectivity index (χ1v) is 6.99. The largest absolute Gasteiger partial charge is 0.334 e. The summed E-state index contributed by atoms with van der Waals surface area (Å²) in [4.78, 5) is 16.2. The van der Waals surface area contributed by atoms with Gasteiger partial charge in [-0.15, -0.1) is 0 Å². The number of para-hydroxylation sites is 2. The first-order chi connectivity index (χ1) is 11.0. The molecule has 0 fully saturated rings. The third-order valence-corrected chi connectivity index (χ3v) is 3.47. The van der Waals surface area contributed by atoms with Crippen LogP contribution in [0.3, 0.4) is 0 Å². The molecule has 0 aliphatic heterocycles. The number of hydrogen-bond acceptors (Lipinski definition) is 2. The highest BCUT2D eigenvalue weighted by molar-refractivity contribution is 5.85. The van der Waals surface area contributed by atoms with Crippen LogP contribution in [-0.4, -0.2) is 15.7 Å². The zero-order valence-corrected chi connectivity index (χ0v) is 12.3. The Morgan fingerprint density at radius 3 is 2.74 bits per heavy atom. The number of nitrogens with zero attached hydrogens (tertiary/aromatic N) is 2. The number of aromatic nitrogens is 2. The van der Waals surface area contributed by atoms with Gasteiger partial charge in [0.2, 0.25) is 0 Å². The zero-order chi connectivity index (χ0) is 16.4. The summed E-state index contributed by atoms with van der Waals surface area (Å²) >= 11 is 0. The van der Waals surface area contributed by atoms with Gasteiger partial charge in [0.15, 0.2) is 11.6 Å². The van der Waals surface area contributed by atoms with Crippen LogP contribution in [0.2, 0.25) is 0 Å². The Kier molecular flexibility index (Phi) is 3.92. The minimum absolute atomic E-state index is 0.467. The van der Waals surface area contributed by atoms with Crippen LogP contribution in [0.4, 0.5) is 13.6 Å². The number of halogens is 2. The van der Waals surface area contributed by atoms with Gasteiger partial charge in [0, 0.05) is 0 Å². The number of rotatable bonds is 3. The van der Waals surface area contributed by atoms with Crippen LogP contribution in [0.25, 0.3) is 11.0 Å². The maximum atomic E-state index is 13.2. The summed E-state index contributed by atoms with van der Waals surface area (Å²) in [5, 5.41) is 2.66. The van der Waals surface area contributed by atoms with Crippen LogP contribution < -0.4 is 10.7 Å². The molecule has 1 heterocycles. The second kappa shape index (κ2) is 6.04. The van der Waals surface area contributed by atoms with E-state index in [1.165, 1.54) is 17.1 Å². The Morgan fingerprint density at radius 1 is 1.17 bits per heavy atom. The lowest BCUT2D eigenvalue weighted by molar-refractivity contribution is 0.247. The molecular weight excluding hydrogens is 302 g/mol. The number of fused-ring (bicyclic) bond motifs is 1. The Labute approximate surface area is 130 Å². The molecule has 0 aliphatic rings. The van der Waals surface area contributed by atoms with Gasteiger partial charge in [0.1, 0.15) is 6.33 Å². The van der Waals surface area contributed by atoms with Crippen LogP contribution in [0, 0.1) is 11.6 Å². The van der Waals surface area contributed by atoms with Gasteiger partial charge in [-0.3, -0.25) is 0 Å². The lowest BCUT2D eigenvalue weighted by atomic mass is 10.1. The summed E-state index contributed by atoms with van der Waals surface area (Å²) in [5.41, 5.74) is 4.60. The molecule has 1 unspecified atom stereocenters. The van der Waals surface area contributed by atoms with E-state index in [9.17, 15) is 13.6 Å². The van der Waals surface area contributed by atoms with Crippen LogP contribution in [0.5, 0.6) is 0 Å². The average Bonchev–Trinajstić information content (AvgIpc) is 2.93. The minimum Gasteiger partial charge on any atom is -0.330 e. The van der Waals surface area contributed by atoms with Crippen molar-refractivity contribution in [2.45, 2.75) is 13.0 Å². The summed E-state index contributed by atoms with van der Waals surface area (Å²) in [6, 6.07) is 9.89. The van der Waals surface area contributed by atoms with E-state index in [-0.39, 0.29) is 0 Å². The van der Waals surface area contributed by atoms with E-state index in [1.54, 1.807) is 6.92 Å². The molecule has 0 radical (unpaired) electrons. The number of amides is 2. The van der Waals surface area contributed by atoms with Crippen molar-refractivity contribution in [2.75, 3.05) is 5.43 Å². The van der Waals surface area contributed by atoms with E-state index in [4.69, 9.17) is 0 Å². The van der Waals surface area contributed by atoms with Gasteiger partial charge in [-0.2, -0.15) is 0 Å². The maximum absolute atomic E-state index is 13.2. The van der Waals surface area contributed by atoms with Crippen LogP contribution in [-0.2, 0) is 0 Å². The fourth-order valence-electron chi connectivity index (χ4n) is 2.25. The summed E-state index contributed by atoms with van der Waals surface area (Å²) in [6.45, 7) is 1.68. The summed E-state index contributed by atoms with van der Waals surface area (Å²) in [7, 11) is 0. The highest BCUT2D eigenvalue weighted by atomic mass is 19.2. The molecule has 7 heteroatoms. The lowest BCUT2D eigenvalue weighted by Gasteiger charge is -2.15. The number of hydrogen-bond donors (Lipinski definition) is 2. The SMILES string of the molecule is CC(NC(=O)Nn1cnc2ccccc21)c1ccc(F)c(F)c1. The summed E-state index contributed by atoms with van der Waals surface area (Å²) in [6.07, 6.45) is 1.49. The molecule has 3 rings (SSSR count). The van der Waals surface area contributed by atoms with Gasteiger partial charge in [0.05, 0.1) is 17.1 Å². The zero-order valence-electron chi connectivity index (χ0n) is 12.3. The molecule has 5 nitrogen and oxygen atoms in total. The molecule has 0 saturated heterocycles. The predicted molar refractivity (Wildman–Crippen MR) is 82.4 cm³/mol. The number of nitrogens with one attached hydrogen (secondary N) is 2. The van der Waals surface area contributed by atoms with E-state index >= 15 is 0 Å². The van der Waals surface area contributed by atoms with Crippen molar-refractivity contribution in [3.05, 3.63) is 66.0 Å². The van der Waals surface area contributed by atoms with Gasteiger partial charge in [-0.05, 0) is 36.8 Å². The third-order valence-electron chi connectivity index (χ3n) is 3.47. The molecule has 2 N–H and O–H groups in total. The van der Waals surface area contributed by atoms with Crippen LogP contribution >= 0.6 is 0 Å². The molecule has 118 valence electrons. The smallest absolute Gasteiger partial charge is 0.330 e. The quantitative estimate of drug-likeness (QED) is 0.778. The Hall–Kier alpha value is -2.96. The Balaban J connectivity index is 1.70. The van der Waals surface area contributed by atoms with Gasteiger partial charge in [-0.25, -0.2) is 28.7 Å². The maximum Gasteiger partial charge on any atom is 0.334 e. The molecule has 1 atom stereocenters.